The standard InChI is InChI=1S/C5H9N.C4H8.2C2H6/c1-3-5(2)4-6;1-3-4-2;2*1-2/h3-4H,1,6H2,2H3;3H,1,4H2,2H3;2*1-2H3/b5-4-;;;. The van der Waals surface area contributed by atoms with Crippen LogP contribution in [0.3, 0.4) is 0 Å². The molecule has 14 heavy (non-hydrogen) atoms. The molecule has 0 aromatic rings. The molecule has 0 unspecified atom stereocenters. The Morgan fingerprint density at radius 2 is 1.43 bits per heavy atom. The summed E-state index contributed by atoms with van der Waals surface area (Å²) in [5, 5.41) is 0. The van der Waals surface area contributed by atoms with Crippen molar-refractivity contribution >= 4 is 0 Å². The predicted molar refractivity (Wildman–Crippen MR) is 71.3 cm³/mol. The van der Waals surface area contributed by atoms with E-state index in [-0.39, 0.29) is 0 Å². The van der Waals surface area contributed by atoms with Gasteiger partial charge in [0, 0.05) is 0 Å². The summed E-state index contributed by atoms with van der Waals surface area (Å²) in [7, 11) is 0. The summed E-state index contributed by atoms with van der Waals surface area (Å²) >= 11 is 0. The lowest BCUT2D eigenvalue weighted by Gasteiger charge is -1.78. The molecule has 0 saturated carbocycles. The van der Waals surface area contributed by atoms with Gasteiger partial charge in [0.25, 0.3) is 0 Å². The van der Waals surface area contributed by atoms with Crippen LogP contribution in [-0.2, 0) is 0 Å². The van der Waals surface area contributed by atoms with Gasteiger partial charge in [-0.05, 0) is 25.1 Å². The first-order valence-corrected chi connectivity index (χ1v) is 5.34. The van der Waals surface area contributed by atoms with Crippen LogP contribution in [-0.4, -0.2) is 0 Å². The van der Waals surface area contributed by atoms with Crippen molar-refractivity contribution < 1.29 is 0 Å². The maximum absolute atomic E-state index is 5.05. The molecule has 1 nitrogen and oxygen atoms in total. The van der Waals surface area contributed by atoms with Crippen LogP contribution in [0.25, 0.3) is 0 Å². The van der Waals surface area contributed by atoms with E-state index in [0.29, 0.717) is 0 Å². The zero-order valence-corrected chi connectivity index (χ0v) is 10.9. The monoisotopic (exact) mass is 199 g/mol. The first-order chi connectivity index (χ1) is 6.72. The van der Waals surface area contributed by atoms with Crippen LogP contribution < -0.4 is 5.73 Å². The third-order valence-electron chi connectivity index (χ3n) is 0.874. The highest BCUT2D eigenvalue weighted by atomic mass is 14.5. The number of allylic oxidation sites excluding steroid dienone is 3. The Morgan fingerprint density at radius 1 is 1.14 bits per heavy atom. The minimum absolute atomic E-state index is 1.01. The van der Waals surface area contributed by atoms with Crippen molar-refractivity contribution in [2.24, 2.45) is 5.73 Å². The summed E-state index contributed by atoms with van der Waals surface area (Å²) in [6, 6.07) is 0. The lowest BCUT2D eigenvalue weighted by Crippen LogP contribution is -1.78. The third kappa shape index (κ3) is 68.5. The van der Waals surface area contributed by atoms with Crippen LogP contribution in [0.4, 0.5) is 0 Å². The number of hydrogen-bond donors (Lipinski definition) is 1. The van der Waals surface area contributed by atoms with Crippen LogP contribution in [0, 0.1) is 0 Å². The second-order valence-corrected chi connectivity index (χ2v) is 1.81. The second kappa shape index (κ2) is 40.3. The summed E-state index contributed by atoms with van der Waals surface area (Å²) in [6.45, 7) is 18.9. The molecule has 0 saturated heterocycles. The van der Waals surface area contributed by atoms with Gasteiger partial charge in [0.05, 0.1) is 0 Å². The van der Waals surface area contributed by atoms with Crippen molar-refractivity contribution in [3.8, 4) is 0 Å². The van der Waals surface area contributed by atoms with Gasteiger partial charge in [0.2, 0.25) is 0 Å². The normalized spacial score (nSPS) is 7.43. The molecule has 0 heterocycles. The lowest BCUT2D eigenvalue weighted by molar-refractivity contribution is 1.23. The fraction of sp³-hybridized carbons (Fsp3) is 0.538. The maximum Gasteiger partial charge on any atom is -0.00328 e. The van der Waals surface area contributed by atoms with Crippen molar-refractivity contribution in [1.29, 1.82) is 0 Å². The molecule has 0 radical (unpaired) electrons. The van der Waals surface area contributed by atoms with E-state index in [1.54, 1.807) is 6.08 Å². The van der Waals surface area contributed by atoms with E-state index in [1.807, 2.05) is 40.7 Å². The Hall–Kier alpha value is -0.980. The highest BCUT2D eigenvalue weighted by Gasteiger charge is 1.67. The topological polar surface area (TPSA) is 26.0 Å². The third-order valence-corrected chi connectivity index (χ3v) is 0.874. The first kappa shape index (κ1) is 23.1. The number of nitrogens with two attached hydrogens (primary N) is 1. The quantitative estimate of drug-likeness (QED) is 0.507. The highest BCUT2D eigenvalue weighted by molar-refractivity contribution is 5.10. The van der Waals surface area contributed by atoms with Gasteiger partial charge in [-0.15, -0.1) is 6.58 Å². The molecule has 0 aromatic carbocycles. The minimum atomic E-state index is 1.01. The minimum Gasteiger partial charge on any atom is -0.404 e. The van der Waals surface area contributed by atoms with Gasteiger partial charge in [0.1, 0.15) is 0 Å². The zero-order valence-electron chi connectivity index (χ0n) is 10.9. The maximum atomic E-state index is 5.05. The average Bonchev–Trinajstić information content (AvgIpc) is 2.33. The Bertz CT molecular complexity index is 112. The number of rotatable bonds is 2. The van der Waals surface area contributed by atoms with Crippen LogP contribution >= 0.6 is 0 Å². The second-order valence-electron chi connectivity index (χ2n) is 1.81. The smallest absolute Gasteiger partial charge is 0.00328 e. The Kier molecular flexibility index (Phi) is 66.5. The molecule has 0 aliphatic rings. The molecular formula is C13H29N. The molecule has 0 aliphatic heterocycles. The average molecular weight is 199 g/mol. The van der Waals surface area contributed by atoms with Gasteiger partial charge in [-0.3, -0.25) is 0 Å². The molecule has 1 heteroatoms. The summed E-state index contributed by atoms with van der Waals surface area (Å²) in [5.74, 6) is 0. The molecule has 0 aromatic heterocycles. The molecule has 0 fully saturated rings. The fourth-order valence-corrected chi connectivity index (χ4v) is 0.0680. The van der Waals surface area contributed by atoms with Crippen molar-refractivity contribution in [2.75, 3.05) is 0 Å². The zero-order chi connectivity index (χ0) is 12.4. The van der Waals surface area contributed by atoms with Gasteiger partial charge in [0.15, 0.2) is 0 Å². The molecule has 0 atom stereocenters. The van der Waals surface area contributed by atoms with E-state index < -0.39 is 0 Å². The van der Waals surface area contributed by atoms with Gasteiger partial charge in [-0.2, -0.15) is 0 Å². The van der Waals surface area contributed by atoms with Gasteiger partial charge in [-0.1, -0.05) is 53.3 Å². The molecular weight excluding hydrogens is 170 g/mol. The van der Waals surface area contributed by atoms with E-state index in [9.17, 15) is 0 Å². The Balaban J connectivity index is -0.0000000546. The van der Waals surface area contributed by atoms with Crippen molar-refractivity contribution in [2.45, 2.75) is 48.0 Å². The van der Waals surface area contributed by atoms with E-state index in [2.05, 4.69) is 20.1 Å². The Labute approximate surface area is 91.4 Å². The summed E-state index contributed by atoms with van der Waals surface area (Å²) in [5.41, 5.74) is 6.06. The van der Waals surface area contributed by atoms with Gasteiger partial charge in [-0.25, -0.2) is 0 Å². The Morgan fingerprint density at radius 3 is 1.43 bits per heavy atom. The summed E-state index contributed by atoms with van der Waals surface area (Å²) in [6.07, 6.45) is 6.19. The van der Waals surface area contributed by atoms with Gasteiger partial charge < -0.3 is 5.73 Å². The predicted octanol–water partition coefficient (Wildman–Crippen LogP) is 4.67. The van der Waals surface area contributed by atoms with Crippen molar-refractivity contribution in [3.05, 3.63) is 37.1 Å². The molecule has 0 rings (SSSR count). The first-order valence-electron chi connectivity index (χ1n) is 5.34. The van der Waals surface area contributed by atoms with Crippen LogP contribution in [0.2, 0.25) is 0 Å². The SMILES string of the molecule is C=C/C(C)=C\N.C=CCC.CC.CC. The lowest BCUT2D eigenvalue weighted by atomic mass is 10.3. The van der Waals surface area contributed by atoms with Crippen LogP contribution in [0.1, 0.15) is 48.0 Å². The summed E-state index contributed by atoms with van der Waals surface area (Å²) < 4.78 is 0. The largest absolute Gasteiger partial charge is 0.404 e. The molecule has 0 bridgehead atoms. The van der Waals surface area contributed by atoms with Gasteiger partial charge >= 0.3 is 0 Å². The summed E-state index contributed by atoms with van der Waals surface area (Å²) in [4.78, 5) is 0. The van der Waals surface area contributed by atoms with E-state index >= 15 is 0 Å². The number of hydrogen-bond acceptors (Lipinski definition) is 1. The molecule has 0 amide bonds. The van der Waals surface area contributed by atoms with E-state index in [1.165, 1.54) is 6.20 Å². The van der Waals surface area contributed by atoms with E-state index in [0.717, 1.165) is 12.0 Å². The van der Waals surface area contributed by atoms with Crippen LogP contribution in [0.5, 0.6) is 0 Å². The molecule has 86 valence electrons. The molecule has 2 N–H and O–H groups in total. The van der Waals surface area contributed by atoms with Crippen molar-refractivity contribution in [3.63, 3.8) is 0 Å². The van der Waals surface area contributed by atoms with E-state index in [4.69, 9.17) is 5.73 Å². The molecule has 0 aliphatic carbocycles. The highest BCUT2D eigenvalue weighted by Crippen LogP contribution is 1.84. The van der Waals surface area contributed by atoms with Crippen molar-refractivity contribution in [1.82, 2.24) is 0 Å². The fourth-order valence-electron chi connectivity index (χ4n) is 0.0680. The van der Waals surface area contributed by atoms with Crippen LogP contribution in [0.15, 0.2) is 37.1 Å². The molecule has 0 spiro atoms.